The van der Waals surface area contributed by atoms with E-state index in [0.29, 0.717) is 5.69 Å². The van der Waals surface area contributed by atoms with Crippen molar-refractivity contribution in [3.63, 3.8) is 0 Å². The van der Waals surface area contributed by atoms with E-state index in [1.54, 1.807) is 12.1 Å². The molecule has 14 heavy (non-hydrogen) atoms. The number of phenolic OH excluding ortho intramolecular Hbond substituents is 1. The van der Waals surface area contributed by atoms with Crippen molar-refractivity contribution in [1.29, 1.82) is 0 Å². The Morgan fingerprint density at radius 1 is 1.43 bits per heavy atom. The van der Waals surface area contributed by atoms with E-state index in [0.717, 1.165) is 24.0 Å². The van der Waals surface area contributed by atoms with E-state index < -0.39 is 0 Å². The number of aryl methyl sites for hydroxylation is 1. The van der Waals surface area contributed by atoms with Crippen LogP contribution >= 0.6 is 0 Å². The van der Waals surface area contributed by atoms with Gasteiger partial charge in [0.2, 0.25) is 0 Å². The van der Waals surface area contributed by atoms with Gasteiger partial charge in [0, 0.05) is 17.3 Å². The molecule has 0 bridgehead atoms. The molecule has 0 fully saturated rings. The number of hydrogen-bond donors (Lipinski definition) is 3. The van der Waals surface area contributed by atoms with Crippen molar-refractivity contribution in [3.05, 3.63) is 23.3 Å². The third-order valence-electron chi connectivity index (χ3n) is 2.35. The standard InChI is InChI=1S/C11H18N2O/c1-3-4-10(13)9-6-8(12)5-7(2)11(9)14/h5-6,10,14H,3-4,12-13H2,1-2H3/t10-/m1/s1. The molecule has 0 unspecified atom stereocenters. The normalized spacial score (nSPS) is 12.8. The van der Waals surface area contributed by atoms with Gasteiger partial charge in [-0.05, 0) is 31.0 Å². The number of benzene rings is 1. The highest BCUT2D eigenvalue weighted by Crippen LogP contribution is 2.30. The first-order valence-electron chi connectivity index (χ1n) is 4.90. The van der Waals surface area contributed by atoms with Gasteiger partial charge in [0.05, 0.1) is 0 Å². The molecule has 1 atom stereocenters. The Bertz CT molecular complexity index is 323. The summed E-state index contributed by atoms with van der Waals surface area (Å²) in [4.78, 5) is 0. The summed E-state index contributed by atoms with van der Waals surface area (Å²) in [5.41, 5.74) is 13.8. The van der Waals surface area contributed by atoms with Crippen molar-refractivity contribution in [3.8, 4) is 5.75 Å². The molecule has 3 heteroatoms. The third kappa shape index (κ3) is 2.17. The molecule has 1 rings (SSSR count). The largest absolute Gasteiger partial charge is 0.507 e. The minimum atomic E-state index is -0.123. The summed E-state index contributed by atoms with van der Waals surface area (Å²) < 4.78 is 0. The molecule has 0 amide bonds. The van der Waals surface area contributed by atoms with Crippen LogP contribution in [0.4, 0.5) is 5.69 Å². The first kappa shape index (κ1) is 10.9. The molecule has 0 spiro atoms. The summed E-state index contributed by atoms with van der Waals surface area (Å²) in [6.07, 6.45) is 1.85. The number of aromatic hydroxyl groups is 1. The maximum atomic E-state index is 9.78. The first-order valence-corrected chi connectivity index (χ1v) is 4.90. The molecule has 0 saturated carbocycles. The summed E-state index contributed by atoms with van der Waals surface area (Å²) in [7, 11) is 0. The predicted octanol–water partition coefficient (Wildman–Crippen LogP) is 2.08. The molecule has 0 radical (unpaired) electrons. The van der Waals surface area contributed by atoms with Crippen LogP contribution in [0.2, 0.25) is 0 Å². The van der Waals surface area contributed by atoms with Crippen molar-refractivity contribution in [1.82, 2.24) is 0 Å². The van der Waals surface area contributed by atoms with Crippen LogP contribution in [0.5, 0.6) is 5.75 Å². The zero-order valence-corrected chi connectivity index (χ0v) is 8.75. The molecule has 3 nitrogen and oxygen atoms in total. The van der Waals surface area contributed by atoms with Gasteiger partial charge in [0.25, 0.3) is 0 Å². The number of phenols is 1. The molecule has 0 heterocycles. The summed E-state index contributed by atoms with van der Waals surface area (Å²) >= 11 is 0. The van der Waals surface area contributed by atoms with Crippen molar-refractivity contribution in [2.45, 2.75) is 32.7 Å². The SMILES string of the molecule is CCC[C@@H](N)c1cc(N)cc(C)c1O. The van der Waals surface area contributed by atoms with Crippen LogP contribution < -0.4 is 11.5 Å². The highest BCUT2D eigenvalue weighted by atomic mass is 16.3. The van der Waals surface area contributed by atoms with Crippen LogP contribution in [0.3, 0.4) is 0 Å². The van der Waals surface area contributed by atoms with Crippen molar-refractivity contribution >= 4 is 5.69 Å². The molecule has 5 N–H and O–H groups in total. The van der Waals surface area contributed by atoms with Crippen LogP contribution in [0.25, 0.3) is 0 Å². The van der Waals surface area contributed by atoms with E-state index in [4.69, 9.17) is 11.5 Å². The Morgan fingerprint density at radius 2 is 2.07 bits per heavy atom. The molecule has 0 aliphatic carbocycles. The lowest BCUT2D eigenvalue weighted by Gasteiger charge is -2.15. The van der Waals surface area contributed by atoms with Gasteiger partial charge >= 0.3 is 0 Å². The smallest absolute Gasteiger partial charge is 0.123 e. The van der Waals surface area contributed by atoms with Gasteiger partial charge in [-0.1, -0.05) is 13.3 Å². The zero-order valence-electron chi connectivity index (χ0n) is 8.75. The fraction of sp³-hybridized carbons (Fsp3) is 0.455. The van der Waals surface area contributed by atoms with E-state index in [1.807, 2.05) is 6.92 Å². The Balaban J connectivity index is 3.07. The van der Waals surface area contributed by atoms with E-state index in [9.17, 15) is 5.11 Å². The van der Waals surface area contributed by atoms with E-state index in [2.05, 4.69) is 6.92 Å². The lowest BCUT2D eigenvalue weighted by molar-refractivity contribution is 0.454. The molecule has 0 aromatic heterocycles. The maximum absolute atomic E-state index is 9.78. The average Bonchev–Trinajstić information content (AvgIpc) is 2.11. The number of nitrogen functional groups attached to an aromatic ring is 1. The summed E-state index contributed by atoms with van der Waals surface area (Å²) in [6.45, 7) is 3.89. The summed E-state index contributed by atoms with van der Waals surface area (Å²) in [6, 6.07) is 3.38. The van der Waals surface area contributed by atoms with Gasteiger partial charge in [0.15, 0.2) is 0 Å². The molecule has 0 aliphatic heterocycles. The number of nitrogens with two attached hydrogens (primary N) is 2. The highest BCUT2D eigenvalue weighted by Gasteiger charge is 2.12. The van der Waals surface area contributed by atoms with Gasteiger partial charge in [-0.2, -0.15) is 0 Å². The third-order valence-corrected chi connectivity index (χ3v) is 2.35. The monoisotopic (exact) mass is 194 g/mol. The van der Waals surface area contributed by atoms with Gasteiger partial charge < -0.3 is 16.6 Å². The van der Waals surface area contributed by atoms with Crippen LogP contribution in [0.15, 0.2) is 12.1 Å². The van der Waals surface area contributed by atoms with Crippen molar-refractivity contribution in [2.24, 2.45) is 5.73 Å². The van der Waals surface area contributed by atoms with Crippen molar-refractivity contribution < 1.29 is 5.11 Å². The topological polar surface area (TPSA) is 72.3 Å². The van der Waals surface area contributed by atoms with E-state index in [-0.39, 0.29) is 11.8 Å². The molecule has 1 aromatic rings. The Morgan fingerprint density at radius 3 is 2.64 bits per heavy atom. The average molecular weight is 194 g/mol. The predicted molar refractivity (Wildman–Crippen MR) is 59.1 cm³/mol. The van der Waals surface area contributed by atoms with E-state index >= 15 is 0 Å². The summed E-state index contributed by atoms with van der Waals surface area (Å²) in [5, 5.41) is 9.78. The highest BCUT2D eigenvalue weighted by molar-refractivity contribution is 5.53. The Hall–Kier alpha value is -1.22. The molecule has 78 valence electrons. The number of hydrogen-bond acceptors (Lipinski definition) is 3. The lowest BCUT2D eigenvalue weighted by Crippen LogP contribution is -2.10. The maximum Gasteiger partial charge on any atom is 0.123 e. The molecular formula is C11H18N2O. The van der Waals surface area contributed by atoms with Gasteiger partial charge in [-0.15, -0.1) is 0 Å². The van der Waals surface area contributed by atoms with Crippen LogP contribution in [-0.4, -0.2) is 5.11 Å². The fourth-order valence-corrected chi connectivity index (χ4v) is 1.58. The molecular weight excluding hydrogens is 176 g/mol. The van der Waals surface area contributed by atoms with Crippen LogP contribution in [0.1, 0.15) is 36.9 Å². The Kier molecular flexibility index (Phi) is 3.36. The quantitative estimate of drug-likeness (QED) is 0.509. The van der Waals surface area contributed by atoms with Crippen molar-refractivity contribution in [2.75, 3.05) is 5.73 Å². The zero-order chi connectivity index (χ0) is 10.7. The first-order chi connectivity index (χ1) is 6.56. The van der Waals surface area contributed by atoms with Crippen LogP contribution in [0, 0.1) is 6.92 Å². The minimum absolute atomic E-state index is 0.123. The van der Waals surface area contributed by atoms with Gasteiger partial charge in [-0.3, -0.25) is 0 Å². The second kappa shape index (κ2) is 4.33. The molecule has 0 saturated heterocycles. The van der Waals surface area contributed by atoms with Crippen LogP contribution in [-0.2, 0) is 0 Å². The molecule has 1 aromatic carbocycles. The minimum Gasteiger partial charge on any atom is -0.507 e. The van der Waals surface area contributed by atoms with Gasteiger partial charge in [-0.25, -0.2) is 0 Å². The Labute approximate surface area is 84.7 Å². The molecule has 0 aliphatic rings. The summed E-state index contributed by atoms with van der Waals surface area (Å²) in [5.74, 6) is 0.278. The number of anilines is 1. The number of rotatable bonds is 3. The second-order valence-electron chi connectivity index (χ2n) is 3.67. The fourth-order valence-electron chi connectivity index (χ4n) is 1.58. The van der Waals surface area contributed by atoms with E-state index in [1.165, 1.54) is 0 Å². The lowest BCUT2D eigenvalue weighted by atomic mass is 9.99. The second-order valence-corrected chi connectivity index (χ2v) is 3.67. The van der Waals surface area contributed by atoms with Gasteiger partial charge in [0.1, 0.15) is 5.75 Å².